The number of unbranched alkanes of at least 4 members (excludes halogenated alkanes) is 16. The zero-order valence-corrected chi connectivity index (χ0v) is 16.2. The van der Waals surface area contributed by atoms with Gasteiger partial charge >= 0.3 is 0 Å². The van der Waals surface area contributed by atoms with Gasteiger partial charge in [0.05, 0.1) is 0 Å². The van der Waals surface area contributed by atoms with Crippen LogP contribution in [0.1, 0.15) is 136 Å². The smallest absolute Gasteiger partial charge is 0.0303 e. The summed E-state index contributed by atoms with van der Waals surface area (Å²) in [5.41, 5.74) is 0. The molecule has 22 heavy (non-hydrogen) atoms. The summed E-state index contributed by atoms with van der Waals surface area (Å²) in [4.78, 5) is 0. The van der Waals surface area contributed by atoms with Crippen LogP contribution in [0.15, 0.2) is 0 Å². The van der Waals surface area contributed by atoms with Crippen molar-refractivity contribution in [2.45, 2.75) is 136 Å². The van der Waals surface area contributed by atoms with Crippen molar-refractivity contribution in [3.05, 3.63) is 5.92 Å². The van der Waals surface area contributed by atoms with Gasteiger partial charge in [0.25, 0.3) is 0 Å². The van der Waals surface area contributed by atoms with E-state index in [1.54, 1.807) is 5.92 Å². The van der Waals surface area contributed by atoms with E-state index in [4.69, 9.17) is 0 Å². The van der Waals surface area contributed by atoms with Crippen LogP contribution in [0.3, 0.4) is 0 Å². The Morgan fingerprint density at radius 1 is 0.409 bits per heavy atom. The van der Waals surface area contributed by atoms with E-state index in [0.717, 1.165) is 0 Å². The minimum Gasteiger partial charge on any atom is -0.0654 e. The van der Waals surface area contributed by atoms with E-state index >= 15 is 0 Å². The number of hydrogen-bond donors (Lipinski definition) is 0. The van der Waals surface area contributed by atoms with E-state index < -0.39 is 0 Å². The molecule has 0 amide bonds. The number of hydrogen-bond acceptors (Lipinski definition) is 0. The third kappa shape index (κ3) is 20.0. The minimum atomic E-state index is 1.35. The molecular formula is C22H45. The van der Waals surface area contributed by atoms with Gasteiger partial charge in [0.2, 0.25) is 0 Å². The lowest BCUT2D eigenvalue weighted by Gasteiger charge is -2.04. The molecule has 0 aromatic rings. The highest BCUT2D eigenvalue weighted by Crippen LogP contribution is 2.15. The van der Waals surface area contributed by atoms with Crippen LogP contribution in [-0.2, 0) is 0 Å². The molecule has 0 aliphatic carbocycles. The Labute approximate surface area is 142 Å². The van der Waals surface area contributed by atoms with E-state index in [1.807, 2.05) is 0 Å². The zero-order chi connectivity index (χ0) is 16.3. The highest BCUT2D eigenvalue weighted by Gasteiger charge is 1.96. The summed E-state index contributed by atoms with van der Waals surface area (Å²) in [6.07, 6.45) is 26.3. The monoisotopic (exact) mass is 309 g/mol. The molecule has 0 heteroatoms. The standard InChI is InChI=1S/C22H45/c1-4-5-6-7-8-9-10-11-12-13-14-15-16-17-18-19-20-21-22(2)3/h4-21H2,1-3H3. The summed E-state index contributed by atoms with van der Waals surface area (Å²) >= 11 is 0. The van der Waals surface area contributed by atoms with Crippen LogP contribution in [0.5, 0.6) is 0 Å². The first-order chi connectivity index (χ1) is 10.8. The van der Waals surface area contributed by atoms with Gasteiger partial charge < -0.3 is 0 Å². The van der Waals surface area contributed by atoms with Crippen molar-refractivity contribution in [1.29, 1.82) is 0 Å². The molecule has 0 heterocycles. The average Bonchev–Trinajstić information content (AvgIpc) is 2.50. The van der Waals surface area contributed by atoms with E-state index in [0.29, 0.717) is 0 Å². The first-order valence-corrected chi connectivity index (χ1v) is 10.6. The molecule has 0 aromatic heterocycles. The van der Waals surface area contributed by atoms with Crippen LogP contribution in [0.25, 0.3) is 0 Å². The van der Waals surface area contributed by atoms with E-state index in [1.165, 1.54) is 116 Å². The van der Waals surface area contributed by atoms with E-state index in [-0.39, 0.29) is 0 Å². The Morgan fingerprint density at radius 3 is 0.955 bits per heavy atom. The molecule has 0 saturated heterocycles. The predicted molar refractivity (Wildman–Crippen MR) is 103 cm³/mol. The molecule has 0 unspecified atom stereocenters. The van der Waals surface area contributed by atoms with Crippen molar-refractivity contribution in [2.24, 2.45) is 0 Å². The quantitative estimate of drug-likeness (QED) is 0.222. The Hall–Kier alpha value is 0. The summed E-state index contributed by atoms with van der Waals surface area (Å²) in [6.45, 7) is 6.81. The van der Waals surface area contributed by atoms with Gasteiger partial charge in [-0.25, -0.2) is 0 Å². The molecule has 0 nitrogen and oxygen atoms in total. The van der Waals surface area contributed by atoms with Crippen LogP contribution in [0.2, 0.25) is 0 Å². The van der Waals surface area contributed by atoms with Gasteiger partial charge in [-0.2, -0.15) is 0 Å². The second-order valence-corrected chi connectivity index (χ2v) is 7.61. The Kier molecular flexibility index (Phi) is 19.0. The Balaban J connectivity index is 2.94. The molecule has 0 aromatic carbocycles. The first kappa shape index (κ1) is 22.0. The topological polar surface area (TPSA) is 0 Å². The maximum atomic E-state index is 2.30. The molecule has 0 saturated carbocycles. The van der Waals surface area contributed by atoms with Gasteiger partial charge in [-0.1, -0.05) is 130 Å². The lowest BCUT2D eigenvalue weighted by Crippen LogP contribution is -1.86. The molecule has 0 atom stereocenters. The van der Waals surface area contributed by atoms with Gasteiger partial charge in [-0.3, -0.25) is 0 Å². The van der Waals surface area contributed by atoms with Gasteiger partial charge in [-0.15, -0.1) is 0 Å². The second kappa shape index (κ2) is 19.0. The van der Waals surface area contributed by atoms with Crippen molar-refractivity contribution in [3.63, 3.8) is 0 Å². The summed E-state index contributed by atoms with van der Waals surface area (Å²) in [6, 6.07) is 0. The molecule has 0 aliphatic rings. The summed E-state index contributed by atoms with van der Waals surface area (Å²) in [7, 11) is 0. The van der Waals surface area contributed by atoms with Crippen molar-refractivity contribution in [2.75, 3.05) is 0 Å². The average molecular weight is 310 g/mol. The Bertz CT molecular complexity index is 182. The molecule has 0 fully saturated rings. The van der Waals surface area contributed by atoms with Gasteiger partial charge in [0, 0.05) is 0 Å². The van der Waals surface area contributed by atoms with Crippen LogP contribution >= 0.6 is 0 Å². The highest BCUT2D eigenvalue weighted by atomic mass is 14.0. The maximum absolute atomic E-state index is 2.30. The van der Waals surface area contributed by atoms with Crippen LogP contribution in [0, 0.1) is 5.92 Å². The fourth-order valence-electron chi connectivity index (χ4n) is 3.20. The Morgan fingerprint density at radius 2 is 0.682 bits per heavy atom. The summed E-state index contributed by atoms with van der Waals surface area (Å²) in [5, 5.41) is 0. The largest absolute Gasteiger partial charge is 0.0654 e. The van der Waals surface area contributed by atoms with Gasteiger partial charge in [-0.05, 0) is 12.3 Å². The van der Waals surface area contributed by atoms with Crippen molar-refractivity contribution in [3.8, 4) is 0 Å². The first-order valence-electron chi connectivity index (χ1n) is 10.6. The van der Waals surface area contributed by atoms with Gasteiger partial charge in [0.15, 0.2) is 0 Å². The maximum Gasteiger partial charge on any atom is -0.0303 e. The van der Waals surface area contributed by atoms with Gasteiger partial charge in [0.1, 0.15) is 0 Å². The lowest BCUT2D eigenvalue weighted by molar-refractivity contribution is 0.526. The normalized spacial score (nSPS) is 11.5. The molecule has 0 N–H and O–H groups in total. The summed E-state index contributed by atoms with van der Waals surface area (Å²) in [5.74, 6) is 1.60. The van der Waals surface area contributed by atoms with Crippen molar-refractivity contribution in [1.82, 2.24) is 0 Å². The fourth-order valence-corrected chi connectivity index (χ4v) is 3.20. The predicted octanol–water partition coefficient (Wildman–Crippen LogP) is 8.64. The summed E-state index contributed by atoms with van der Waals surface area (Å²) < 4.78 is 0. The lowest BCUT2D eigenvalue weighted by atomic mass is 10.0. The molecule has 0 spiro atoms. The van der Waals surface area contributed by atoms with Crippen LogP contribution in [-0.4, -0.2) is 0 Å². The van der Waals surface area contributed by atoms with E-state index in [9.17, 15) is 0 Å². The van der Waals surface area contributed by atoms with Crippen molar-refractivity contribution >= 4 is 0 Å². The van der Waals surface area contributed by atoms with Crippen LogP contribution < -0.4 is 0 Å². The van der Waals surface area contributed by atoms with E-state index in [2.05, 4.69) is 20.8 Å². The third-order valence-corrected chi connectivity index (χ3v) is 4.78. The molecular weight excluding hydrogens is 264 g/mol. The zero-order valence-electron chi connectivity index (χ0n) is 16.2. The van der Waals surface area contributed by atoms with Crippen LogP contribution in [0.4, 0.5) is 0 Å². The second-order valence-electron chi connectivity index (χ2n) is 7.61. The molecule has 0 bridgehead atoms. The number of rotatable bonds is 18. The van der Waals surface area contributed by atoms with Crippen molar-refractivity contribution < 1.29 is 0 Å². The molecule has 133 valence electrons. The molecule has 0 rings (SSSR count). The third-order valence-electron chi connectivity index (χ3n) is 4.78. The highest BCUT2D eigenvalue weighted by molar-refractivity contribution is 4.75. The molecule has 1 radical (unpaired) electrons. The molecule has 0 aliphatic heterocycles. The minimum absolute atomic E-state index is 1.35. The SMILES string of the molecule is CCCCCCCCCCCCCCCCCCC[C](C)C. The fraction of sp³-hybridized carbons (Fsp3) is 0.955.